The smallest absolute Gasteiger partial charge is 0.354 e. The maximum absolute atomic E-state index is 13.6. The summed E-state index contributed by atoms with van der Waals surface area (Å²) in [5.41, 5.74) is 0.809. The second-order valence-corrected chi connectivity index (χ2v) is 13.0. The first-order valence-corrected chi connectivity index (χ1v) is 15.7. The molecule has 2 N–H and O–H groups in total. The second kappa shape index (κ2) is 13.4. The van der Waals surface area contributed by atoms with Crippen LogP contribution in [-0.2, 0) is 32.2 Å². The summed E-state index contributed by atoms with van der Waals surface area (Å²) in [6, 6.07) is 9.07. The number of amides is 2. The van der Waals surface area contributed by atoms with Gasteiger partial charge in [-0.1, -0.05) is 61.6 Å². The van der Waals surface area contributed by atoms with E-state index in [1.165, 1.54) is 6.42 Å². The van der Waals surface area contributed by atoms with Crippen LogP contribution >= 0.6 is 0 Å². The molecule has 1 unspecified atom stereocenters. The van der Waals surface area contributed by atoms with Crippen molar-refractivity contribution in [3.63, 3.8) is 0 Å². The molecular weight excluding hydrogens is 555 g/mol. The van der Waals surface area contributed by atoms with E-state index >= 15 is 0 Å². The number of hydrogen-bond acceptors (Lipinski definition) is 4. The number of sulfonamides is 1. The number of benzene rings is 2. The van der Waals surface area contributed by atoms with E-state index in [0.29, 0.717) is 31.4 Å². The first kappa shape index (κ1) is 31.0. The number of carbonyl (C=O) groups excluding carboxylic acids is 2. The molecule has 2 fully saturated rings. The summed E-state index contributed by atoms with van der Waals surface area (Å²) in [5, 5.41) is 5.78. The lowest BCUT2D eigenvalue weighted by atomic mass is 9.89. The molecule has 0 aromatic heterocycles. The Balaban J connectivity index is 1.53. The number of nitrogens with one attached hydrogen (secondary N) is 2. The van der Waals surface area contributed by atoms with Crippen LogP contribution in [0.1, 0.15) is 68.1 Å². The van der Waals surface area contributed by atoms with Gasteiger partial charge < -0.3 is 10.6 Å². The van der Waals surface area contributed by atoms with Crippen molar-refractivity contribution < 1.29 is 31.2 Å². The fraction of sp³-hybridized carbons (Fsp3) is 0.533. The van der Waals surface area contributed by atoms with Crippen LogP contribution in [0.5, 0.6) is 0 Å². The summed E-state index contributed by atoms with van der Waals surface area (Å²) in [4.78, 5) is 26.4. The molecule has 1 aliphatic heterocycles. The Morgan fingerprint density at radius 3 is 2.34 bits per heavy atom. The summed E-state index contributed by atoms with van der Waals surface area (Å²) >= 11 is 0. The molecular formula is C30H38F3N3O4S. The molecule has 2 atom stereocenters. The van der Waals surface area contributed by atoms with E-state index in [9.17, 15) is 31.2 Å². The third kappa shape index (κ3) is 8.09. The normalized spacial score (nSPS) is 19.9. The third-order valence-electron chi connectivity index (χ3n) is 8.01. The maximum Gasteiger partial charge on any atom is 0.416 e. The Morgan fingerprint density at radius 2 is 1.66 bits per heavy atom. The minimum absolute atomic E-state index is 0.00678. The largest absolute Gasteiger partial charge is 0.416 e. The van der Waals surface area contributed by atoms with Gasteiger partial charge in [0.2, 0.25) is 21.8 Å². The standard InChI is InChI=1S/C30H38F3N3O4S/c1-21-13-15-22(16-14-21)18-26(28(37)34-20-23-8-3-2-4-9-23)35-29(38)27-12-5-6-17-36(27)41(39,40)25-11-7-10-24(19-25)30(31,32)33/h7,10-11,13-16,19,23,26-27H,2-6,8-9,12,17-18,20H2,1H3,(H,34,37)(H,35,38)/t26?,27-/m0/s1. The number of halogens is 3. The molecule has 2 amide bonds. The zero-order valence-electron chi connectivity index (χ0n) is 23.3. The monoisotopic (exact) mass is 593 g/mol. The highest BCUT2D eigenvalue weighted by molar-refractivity contribution is 7.89. The lowest BCUT2D eigenvalue weighted by Crippen LogP contribution is -2.57. The van der Waals surface area contributed by atoms with Crippen LogP contribution in [0.15, 0.2) is 53.4 Å². The highest BCUT2D eigenvalue weighted by Crippen LogP contribution is 2.32. The van der Waals surface area contributed by atoms with Crippen LogP contribution < -0.4 is 10.6 Å². The average molecular weight is 594 g/mol. The van der Waals surface area contributed by atoms with E-state index in [1.54, 1.807) is 0 Å². The fourth-order valence-corrected chi connectivity index (χ4v) is 7.32. The van der Waals surface area contributed by atoms with E-state index < -0.39 is 44.6 Å². The van der Waals surface area contributed by atoms with Gasteiger partial charge in [0.1, 0.15) is 12.1 Å². The first-order chi connectivity index (χ1) is 19.4. The van der Waals surface area contributed by atoms with E-state index in [2.05, 4.69) is 10.6 Å². The highest BCUT2D eigenvalue weighted by atomic mass is 32.2. The summed E-state index contributed by atoms with van der Waals surface area (Å²) < 4.78 is 67.9. The number of alkyl halides is 3. The Morgan fingerprint density at radius 1 is 0.976 bits per heavy atom. The van der Waals surface area contributed by atoms with Gasteiger partial charge in [-0.05, 0) is 62.3 Å². The number of nitrogens with zero attached hydrogens (tertiary/aromatic N) is 1. The van der Waals surface area contributed by atoms with E-state index in [0.717, 1.165) is 59.3 Å². The van der Waals surface area contributed by atoms with E-state index in [-0.39, 0.29) is 25.3 Å². The molecule has 224 valence electrons. The van der Waals surface area contributed by atoms with Crippen LogP contribution in [0.25, 0.3) is 0 Å². The molecule has 0 spiro atoms. The lowest BCUT2D eigenvalue weighted by Gasteiger charge is -2.34. The van der Waals surface area contributed by atoms with Gasteiger partial charge in [-0.3, -0.25) is 9.59 Å². The molecule has 41 heavy (non-hydrogen) atoms. The number of carbonyl (C=O) groups is 2. The molecule has 11 heteroatoms. The second-order valence-electron chi connectivity index (χ2n) is 11.2. The van der Waals surface area contributed by atoms with E-state index in [1.807, 2.05) is 31.2 Å². The fourth-order valence-electron chi connectivity index (χ4n) is 5.62. The van der Waals surface area contributed by atoms with Crippen molar-refractivity contribution in [2.24, 2.45) is 5.92 Å². The predicted molar refractivity (Wildman–Crippen MR) is 149 cm³/mol. The number of piperidine rings is 1. The number of rotatable bonds is 9. The molecule has 4 rings (SSSR count). The van der Waals surface area contributed by atoms with Gasteiger partial charge >= 0.3 is 6.18 Å². The summed E-state index contributed by atoms with van der Waals surface area (Å²) in [6.07, 6.45) is 2.28. The Bertz CT molecular complexity index is 1310. The first-order valence-electron chi connectivity index (χ1n) is 14.3. The van der Waals surface area contributed by atoms with Crippen molar-refractivity contribution in [1.29, 1.82) is 0 Å². The molecule has 7 nitrogen and oxygen atoms in total. The lowest BCUT2D eigenvalue weighted by molar-refractivity contribution is -0.137. The van der Waals surface area contributed by atoms with Gasteiger partial charge in [0.25, 0.3) is 0 Å². The highest BCUT2D eigenvalue weighted by Gasteiger charge is 2.40. The molecule has 1 saturated carbocycles. The van der Waals surface area contributed by atoms with Crippen molar-refractivity contribution in [2.45, 2.75) is 87.9 Å². The molecule has 1 aliphatic carbocycles. The Kier molecular flexibility index (Phi) is 10.1. The molecule has 0 radical (unpaired) electrons. The van der Waals surface area contributed by atoms with Crippen molar-refractivity contribution in [2.75, 3.05) is 13.1 Å². The molecule has 1 saturated heterocycles. The number of hydrogen-bond donors (Lipinski definition) is 2. The average Bonchev–Trinajstić information content (AvgIpc) is 2.96. The minimum atomic E-state index is -4.71. The van der Waals surface area contributed by atoms with Gasteiger partial charge in [-0.25, -0.2) is 8.42 Å². The van der Waals surface area contributed by atoms with Crippen LogP contribution in [0, 0.1) is 12.8 Å². The molecule has 2 aliphatic rings. The van der Waals surface area contributed by atoms with Crippen molar-refractivity contribution in [1.82, 2.24) is 14.9 Å². The van der Waals surface area contributed by atoms with Crippen LogP contribution in [-0.4, -0.2) is 49.7 Å². The zero-order valence-corrected chi connectivity index (χ0v) is 24.1. The van der Waals surface area contributed by atoms with Crippen molar-refractivity contribution >= 4 is 21.8 Å². The van der Waals surface area contributed by atoms with Crippen LogP contribution in [0.4, 0.5) is 13.2 Å². The summed E-state index contributed by atoms with van der Waals surface area (Å²) in [6.45, 7) is 2.45. The molecule has 1 heterocycles. The van der Waals surface area contributed by atoms with Gasteiger partial charge in [0.05, 0.1) is 10.5 Å². The van der Waals surface area contributed by atoms with E-state index in [4.69, 9.17) is 0 Å². The predicted octanol–water partition coefficient (Wildman–Crippen LogP) is 4.98. The summed E-state index contributed by atoms with van der Waals surface area (Å²) in [7, 11) is -4.41. The molecule has 2 aromatic carbocycles. The maximum atomic E-state index is 13.6. The topological polar surface area (TPSA) is 95.6 Å². The number of aryl methyl sites for hydroxylation is 1. The zero-order chi connectivity index (χ0) is 29.6. The minimum Gasteiger partial charge on any atom is -0.354 e. The Labute approximate surface area is 239 Å². The summed E-state index contributed by atoms with van der Waals surface area (Å²) in [5.74, 6) is -0.590. The third-order valence-corrected chi connectivity index (χ3v) is 9.91. The van der Waals surface area contributed by atoms with Crippen molar-refractivity contribution in [3.05, 3.63) is 65.2 Å². The van der Waals surface area contributed by atoms with Gasteiger partial charge in [-0.2, -0.15) is 17.5 Å². The molecule has 0 bridgehead atoms. The van der Waals surface area contributed by atoms with Gasteiger partial charge in [-0.15, -0.1) is 0 Å². The van der Waals surface area contributed by atoms with Gasteiger partial charge in [0.15, 0.2) is 0 Å². The SMILES string of the molecule is Cc1ccc(CC(NC(=O)[C@@H]2CCCCN2S(=O)(=O)c2cccc(C(F)(F)F)c2)C(=O)NCC2CCCCC2)cc1. The van der Waals surface area contributed by atoms with Crippen LogP contribution in [0.3, 0.4) is 0 Å². The van der Waals surface area contributed by atoms with Crippen LogP contribution in [0.2, 0.25) is 0 Å². The van der Waals surface area contributed by atoms with Crippen molar-refractivity contribution in [3.8, 4) is 0 Å². The van der Waals surface area contributed by atoms with Gasteiger partial charge in [0, 0.05) is 19.5 Å². The Hall–Kier alpha value is -2.92. The quantitative estimate of drug-likeness (QED) is 0.429. The molecule has 2 aromatic rings.